The lowest BCUT2D eigenvalue weighted by Gasteiger charge is -2.18. The number of hydrogen-bond donors (Lipinski definition) is 0. The van der Waals surface area contributed by atoms with Crippen LogP contribution in [-0.4, -0.2) is 33.8 Å². The molecule has 0 spiro atoms. The van der Waals surface area contributed by atoms with Gasteiger partial charge in [-0.15, -0.1) is 0 Å². The van der Waals surface area contributed by atoms with Crippen LogP contribution in [0.3, 0.4) is 0 Å². The summed E-state index contributed by atoms with van der Waals surface area (Å²) in [6.45, 7) is 5.22. The second kappa shape index (κ2) is 8.04. The van der Waals surface area contributed by atoms with E-state index in [0.717, 1.165) is 36.3 Å². The Hall–Kier alpha value is -2.82. The predicted octanol–water partition coefficient (Wildman–Crippen LogP) is 4.09. The molecule has 136 valence electrons. The number of carbonyl (C=O) groups excluding carboxylic acids is 1. The standard InChI is InChI=1S/C21H25N3O2/c1-4-5-12-23(3)21(25)18-10-6-7-11-19(18)26-15-17-14-24-13-8-9-16(2)20(24)22-17/h6-11,13-14H,4-5,12,15H2,1-3H3. The molecular weight excluding hydrogens is 326 g/mol. The summed E-state index contributed by atoms with van der Waals surface area (Å²) in [6, 6.07) is 11.4. The van der Waals surface area contributed by atoms with Gasteiger partial charge in [0.15, 0.2) is 0 Å². The highest BCUT2D eigenvalue weighted by atomic mass is 16.5. The van der Waals surface area contributed by atoms with Crippen LogP contribution < -0.4 is 4.74 Å². The SMILES string of the molecule is CCCCN(C)C(=O)c1ccccc1OCc1cn2cccc(C)c2n1. The van der Waals surface area contributed by atoms with Crippen molar-refractivity contribution in [3.8, 4) is 5.75 Å². The van der Waals surface area contributed by atoms with Gasteiger partial charge in [0, 0.05) is 26.0 Å². The van der Waals surface area contributed by atoms with E-state index in [1.165, 1.54) is 0 Å². The zero-order valence-electron chi connectivity index (χ0n) is 15.6. The minimum Gasteiger partial charge on any atom is -0.486 e. The van der Waals surface area contributed by atoms with E-state index in [-0.39, 0.29) is 5.91 Å². The van der Waals surface area contributed by atoms with Crippen molar-refractivity contribution in [1.82, 2.24) is 14.3 Å². The second-order valence-corrected chi connectivity index (χ2v) is 6.52. The van der Waals surface area contributed by atoms with Crippen LogP contribution in [0.1, 0.15) is 41.4 Å². The molecule has 0 fully saturated rings. The van der Waals surface area contributed by atoms with Gasteiger partial charge in [0.05, 0.1) is 11.3 Å². The molecule has 5 nitrogen and oxygen atoms in total. The average Bonchev–Trinajstić information content (AvgIpc) is 3.08. The Morgan fingerprint density at radius 2 is 2.04 bits per heavy atom. The summed E-state index contributed by atoms with van der Waals surface area (Å²) < 4.78 is 7.93. The topological polar surface area (TPSA) is 46.8 Å². The van der Waals surface area contributed by atoms with E-state index >= 15 is 0 Å². The van der Waals surface area contributed by atoms with Crippen LogP contribution >= 0.6 is 0 Å². The third-order valence-electron chi connectivity index (χ3n) is 4.41. The Bertz CT molecular complexity index is 901. The van der Waals surface area contributed by atoms with Crippen LogP contribution in [0, 0.1) is 6.92 Å². The van der Waals surface area contributed by atoms with Gasteiger partial charge in [0.1, 0.15) is 18.0 Å². The maximum Gasteiger partial charge on any atom is 0.257 e. The second-order valence-electron chi connectivity index (χ2n) is 6.52. The smallest absolute Gasteiger partial charge is 0.257 e. The van der Waals surface area contributed by atoms with Crippen LogP contribution in [0.5, 0.6) is 5.75 Å². The molecule has 3 rings (SSSR count). The van der Waals surface area contributed by atoms with E-state index in [1.807, 2.05) is 67.2 Å². The van der Waals surface area contributed by atoms with Crippen molar-refractivity contribution in [2.75, 3.05) is 13.6 Å². The lowest BCUT2D eigenvalue weighted by Crippen LogP contribution is -2.28. The van der Waals surface area contributed by atoms with Gasteiger partial charge in [-0.1, -0.05) is 31.5 Å². The number of aromatic nitrogens is 2. The van der Waals surface area contributed by atoms with Crippen molar-refractivity contribution >= 4 is 11.6 Å². The highest BCUT2D eigenvalue weighted by Crippen LogP contribution is 2.21. The van der Waals surface area contributed by atoms with Crippen LogP contribution in [0.15, 0.2) is 48.8 Å². The fourth-order valence-corrected chi connectivity index (χ4v) is 2.90. The average molecular weight is 351 g/mol. The van der Waals surface area contributed by atoms with E-state index in [9.17, 15) is 4.79 Å². The molecule has 0 radical (unpaired) electrons. The number of benzene rings is 1. The minimum atomic E-state index is -0.0140. The van der Waals surface area contributed by atoms with Crippen molar-refractivity contribution in [3.63, 3.8) is 0 Å². The van der Waals surface area contributed by atoms with Crippen molar-refractivity contribution < 1.29 is 9.53 Å². The number of pyridine rings is 1. The molecule has 0 aliphatic heterocycles. The minimum absolute atomic E-state index is 0.0140. The van der Waals surface area contributed by atoms with Crippen LogP contribution in [-0.2, 0) is 6.61 Å². The van der Waals surface area contributed by atoms with Crippen molar-refractivity contribution in [2.24, 2.45) is 0 Å². The zero-order chi connectivity index (χ0) is 18.5. The molecule has 0 saturated heterocycles. The number of para-hydroxylation sites is 1. The summed E-state index contributed by atoms with van der Waals surface area (Å²) in [5.41, 5.74) is 3.47. The van der Waals surface area contributed by atoms with Crippen molar-refractivity contribution in [1.29, 1.82) is 0 Å². The summed E-state index contributed by atoms with van der Waals surface area (Å²) in [5, 5.41) is 0. The van der Waals surface area contributed by atoms with E-state index < -0.39 is 0 Å². The van der Waals surface area contributed by atoms with Gasteiger partial charge in [0.25, 0.3) is 5.91 Å². The lowest BCUT2D eigenvalue weighted by molar-refractivity contribution is 0.0788. The molecule has 0 aliphatic carbocycles. The van der Waals surface area contributed by atoms with Crippen LogP contribution in [0.2, 0.25) is 0 Å². The molecule has 0 saturated carbocycles. The molecule has 0 aliphatic rings. The highest BCUT2D eigenvalue weighted by molar-refractivity contribution is 5.96. The number of ether oxygens (including phenoxy) is 1. The summed E-state index contributed by atoms with van der Waals surface area (Å²) in [6.07, 6.45) is 5.98. The molecular formula is C21H25N3O2. The predicted molar refractivity (Wildman–Crippen MR) is 103 cm³/mol. The first kappa shape index (κ1) is 18.0. The summed E-state index contributed by atoms with van der Waals surface area (Å²) in [4.78, 5) is 19.1. The Labute approximate surface area is 154 Å². The molecule has 0 atom stereocenters. The fraction of sp³-hybridized carbons (Fsp3) is 0.333. The fourth-order valence-electron chi connectivity index (χ4n) is 2.90. The van der Waals surface area contributed by atoms with Crippen molar-refractivity contribution in [2.45, 2.75) is 33.3 Å². The van der Waals surface area contributed by atoms with Gasteiger partial charge < -0.3 is 14.0 Å². The number of nitrogens with zero attached hydrogens (tertiary/aromatic N) is 3. The maximum absolute atomic E-state index is 12.7. The first-order valence-corrected chi connectivity index (χ1v) is 9.00. The lowest BCUT2D eigenvalue weighted by atomic mass is 10.1. The van der Waals surface area contributed by atoms with E-state index in [2.05, 4.69) is 11.9 Å². The third-order valence-corrected chi connectivity index (χ3v) is 4.41. The summed E-state index contributed by atoms with van der Waals surface area (Å²) in [7, 11) is 1.83. The van der Waals surface area contributed by atoms with Gasteiger partial charge in [-0.2, -0.15) is 0 Å². The van der Waals surface area contributed by atoms with E-state index in [0.29, 0.717) is 17.9 Å². The maximum atomic E-state index is 12.7. The Morgan fingerprint density at radius 3 is 2.81 bits per heavy atom. The Kier molecular flexibility index (Phi) is 5.56. The van der Waals surface area contributed by atoms with E-state index in [1.54, 1.807) is 4.90 Å². The molecule has 1 amide bonds. The normalized spacial score (nSPS) is 10.9. The number of unbranched alkanes of at least 4 members (excludes halogenated alkanes) is 1. The molecule has 1 aromatic carbocycles. The first-order chi connectivity index (χ1) is 12.6. The van der Waals surface area contributed by atoms with Gasteiger partial charge in [-0.25, -0.2) is 4.98 Å². The van der Waals surface area contributed by atoms with Gasteiger partial charge in [-0.3, -0.25) is 4.79 Å². The number of imidazole rings is 1. The summed E-state index contributed by atoms with van der Waals surface area (Å²) in [5.74, 6) is 0.578. The largest absolute Gasteiger partial charge is 0.486 e. The number of rotatable bonds is 7. The zero-order valence-corrected chi connectivity index (χ0v) is 15.6. The molecule has 2 aromatic heterocycles. The highest BCUT2D eigenvalue weighted by Gasteiger charge is 2.16. The number of carbonyl (C=O) groups is 1. The number of amides is 1. The van der Waals surface area contributed by atoms with E-state index in [4.69, 9.17) is 4.74 Å². The molecule has 0 unspecified atom stereocenters. The van der Waals surface area contributed by atoms with Gasteiger partial charge >= 0.3 is 0 Å². The number of aryl methyl sites for hydroxylation is 1. The first-order valence-electron chi connectivity index (χ1n) is 9.00. The molecule has 2 heterocycles. The molecule has 0 bridgehead atoms. The van der Waals surface area contributed by atoms with Crippen LogP contribution in [0.4, 0.5) is 0 Å². The molecule has 26 heavy (non-hydrogen) atoms. The third kappa shape index (κ3) is 3.87. The molecule has 3 aromatic rings. The number of hydrogen-bond acceptors (Lipinski definition) is 3. The quantitative estimate of drug-likeness (QED) is 0.644. The van der Waals surface area contributed by atoms with Crippen molar-refractivity contribution in [3.05, 3.63) is 65.6 Å². The van der Waals surface area contributed by atoms with Gasteiger partial charge in [-0.05, 0) is 37.1 Å². The van der Waals surface area contributed by atoms with Gasteiger partial charge in [0.2, 0.25) is 0 Å². The molecule has 0 N–H and O–H groups in total. The monoisotopic (exact) mass is 351 g/mol. The Morgan fingerprint density at radius 1 is 1.23 bits per heavy atom. The summed E-state index contributed by atoms with van der Waals surface area (Å²) >= 11 is 0. The van der Waals surface area contributed by atoms with Crippen LogP contribution in [0.25, 0.3) is 5.65 Å². The molecule has 5 heteroatoms. The Balaban J connectivity index is 1.75. The number of fused-ring (bicyclic) bond motifs is 1.